The minimum Gasteiger partial charge on any atom is -0.463 e. The monoisotopic (exact) mass is 536 g/mol. The highest BCUT2D eigenvalue weighted by molar-refractivity contribution is 6.55. The second kappa shape index (κ2) is 11.6. The number of allylic oxidation sites excluding steroid dienone is 3. The van der Waals surface area contributed by atoms with Crippen LogP contribution in [-0.2, 0) is 52.2 Å². The third-order valence-corrected chi connectivity index (χ3v) is 7.14. The van der Waals surface area contributed by atoms with Crippen LogP contribution < -0.4 is 0 Å². The van der Waals surface area contributed by atoms with Gasteiger partial charge in [0.25, 0.3) is 0 Å². The van der Waals surface area contributed by atoms with E-state index in [0.29, 0.717) is 6.42 Å². The largest absolute Gasteiger partial charge is 0.494 e. The summed E-state index contributed by atoms with van der Waals surface area (Å²) in [6.45, 7) is 12.5. The summed E-state index contributed by atoms with van der Waals surface area (Å²) in [6, 6.07) is 0. The van der Waals surface area contributed by atoms with Gasteiger partial charge in [0.2, 0.25) is 0 Å². The molecule has 3 rings (SSSR count). The van der Waals surface area contributed by atoms with E-state index < -0.39 is 72.7 Å². The molecule has 0 amide bonds. The van der Waals surface area contributed by atoms with Crippen molar-refractivity contribution in [3.05, 3.63) is 23.7 Å². The van der Waals surface area contributed by atoms with E-state index in [4.69, 9.17) is 33.0 Å². The summed E-state index contributed by atoms with van der Waals surface area (Å²) in [6.07, 6.45) is 0.905. The number of carbonyl (C=O) groups is 4. The molecule has 1 unspecified atom stereocenters. The van der Waals surface area contributed by atoms with Crippen LogP contribution in [0.3, 0.4) is 0 Å². The quantitative estimate of drug-likeness (QED) is 0.270. The average Bonchev–Trinajstić information content (AvgIpc) is 3.01. The molecular formula is C26H37BO11. The Labute approximate surface area is 223 Å². The van der Waals surface area contributed by atoms with Crippen LogP contribution >= 0.6 is 0 Å². The van der Waals surface area contributed by atoms with Crippen molar-refractivity contribution < 1.29 is 52.2 Å². The molecule has 0 radical (unpaired) electrons. The van der Waals surface area contributed by atoms with Crippen molar-refractivity contribution in [1.82, 2.24) is 0 Å². The molecule has 210 valence electrons. The molecule has 11 nitrogen and oxygen atoms in total. The zero-order chi connectivity index (χ0) is 28.4. The third-order valence-electron chi connectivity index (χ3n) is 7.14. The first kappa shape index (κ1) is 29.9. The maximum atomic E-state index is 12.1. The summed E-state index contributed by atoms with van der Waals surface area (Å²) in [4.78, 5) is 47.6. The lowest BCUT2D eigenvalue weighted by atomic mass is 9.72. The molecule has 0 aromatic carbocycles. The van der Waals surface area contributed by atoms with Gasteiger partial charge in [-0.2, -0.15) is 0 Å². The third kappa shape index (κ3) is 6.84. The average molecular weight is 536 g/mol. The Hall–Kier alpha value is -2.70. The molecule has 0 saturated carbocycles. The van der Waals surface area contributed by atoms with Gasteiger partial charge >= 0.3 is 31.0 Å². The lowest BCUT2D eigenvalue weighted by molar-refractivity contribution is -0.258. The van der Waals surface area contributed by atoms with Crippen molar-refractivity contribution in [1.29, 1.82) is 0 Å². The van der Waals surface area contributed by atoms with E-state index in [1.54, 1.807) is 0 Å². The van der Waals surface area contributed by atoms with E-state index in [9.17, 15) is 19.2 Å². The SMILES string of the molecule is CC(=O)OC[C@H]1O[C@@H](C2C=CC(B3OC(C)(C)C(C)(C)O3)=CC2)[C@H](OC(C)=O)[C@@H](OC(C)=O)[C@@H]1OC(C)=O. The Balaban J connectivity index is 1.90. The summed E-state index contributed by atoms with van der Waals surface area (Å²) in [5.74, 6) is -2.87. The van der Waals surface area contributed by atoms with Crippen molar-refractivity contribution in [3.63, 3.8) is 0 Å². The Morgan fingerprint density at radius 2 is 1.37 bits per heavy atom. The molecule has 0 N–H and O–H groups in total. The van der Waals surface area contributed by atoms with E-state index in [-0.39, 0.29) is 12.5 Å². The van der Waals surface area contributed by atoms with Gasteiger partial charge in [0, 0.05) is 33.6 Å². The van der Waals surface area contributed by atoms with E-state index in [2.05, 4.69) is 0 Å². The molecule has 2 saturated heterocycles. The number of esters is 4. The smallest absolute Gasteiger partial charge is 0.463 e. The van der Waals surface area contributed by atoms with E-state index in [1.165, 1.54) is 27.7 Å². The maximum absolute atomic E-state index is 12.1. The molecule has 3 aliphatic rings. The molecule has 1 aliphatic carbocycles. The fourth-order valence-electron chi connectivity index (χ4n) is 4.66. The van der Waals surface area contributed by atoms with Gasteiger partial charge < -0.3 is 33.0 Å². The lowest BCUT2D eigenvalue weighted by Gasteiger charge is -2.46. The molecule has 2 aliphatic heterocycles. The Morgan fingerprint density at radius 3 is 1.84 bits per heavy atom. The predicted octanol–water partition coefficient (Wildman–Crippen LogP) is 2.25. The van der Waals surface area contributed by atoms with Crippen LogP contribution in [-0.4, -0.2) is 79.3 Å². The molecule has 0 bridgehead atoms. The Morgan fingerprint density at radius 1 is 0.842 bits per heavy atom. The molecular weight excluding hydrogens is 499 g/mol. The number of rotatable bonds is 7. The van der Waals surface area contributed by atoms with Gasteiger partial charge in [-0.25, -0.2) is 0 Å². The van der Waals surface area contributed by atoms with Crippen LogP contribution in [0.2, 0.25) is 0 Å². The highest BCUT2D eigenvalue weighted by Crippen LogP contribution is 2.41. The summed E-state index contributed by atoms with van der Waals surface area (Å²) in [7, 11) is -0.549. The molecule has 0 aromatic rings. The van der Waals surface area contributed by atoms with Gasteiger partial charge in [0.05, 0.1) is 11.2 Å². The number of hydrogen-bond acceptors (Lipinski definition) is 11. The molecule has 2 fully saturated rings. The first-order valence-corrected chi connectivity index (χ1v) is 12.7. The van der Waals surface area contributed by atoms with Gasteiger partial charge in [0.15, 0.2) is 18.3 Å². The lowest BCUT2D eigenvalue weighted by Crippen LogP contribution is -2.63. The Kier molecular flexibility index (Phi) is 9.10. The van der Waals surface area contributed by atoms with Crippen LogP contribution in [0, 0.1) is 5.92 Å². The fourth-order valence-corrected chi connectivity index (χ4v) is 4.66. The maximum Gasteiger partial charge on any atom is 0.494 e. The molecule has 12 heteroatoms. The molecule has 2 heterocycles. The van der Waals surface area contributed by atoms with Crippen LogP contribution in [0.5, 0.6) is 0 Å². The van der Waals surface area contributed by atoms with Crippen molar-refractivity contribution in [2.75, 3.05) is 6.61 Å². The minimum absolute atomic E-state index is 0.264. The first-order valence-electron chi connectivity index (χ1n) is 12.7. The standard InChI is InChI=1S/C26H37BO11/c1-14(28)32-13-20-22(33-15(2)29)24(35-17(4)31)23(34-16(3)30)21(36-20)18-9-11-19(12-10-18)27-37-25(5,6)26(7,8)38-27/h9,11-12,18,20-24H,10,13H2,1-8H3/t18?,20-,21+,22-,23+,24+/m1/s1. The normalized spacial score (nSPS) is 31.7. The van der Waals surface area contributed by atoms with Gasteiger partial charge in [-0.05, 0) is 39.6 Å². The Bertz CT molecular complexity index is 985. The minimum atomic E-state index is -1.19. The van der Waals surface area contributed by atoms with Crippen molar-refractivity contribution >= 4 is 31.0 Å². The zero-order valence-electron chi connectivity index (χ0n) is 23.2. The fraction of sp³-hybridized carbons (Fsp3) is 0.692. The second-order valence-corrected chi connectivity index (χ2v) is 10.7. The first-order chi connectivity index (χ1) is 17.6. The van der Waals surface area contributed by atoms with Gasteiger partial charge in [-0.15, -0.1) is 0 Å². The van der Waals surface area contributed by atoms with Crippen molar-refractivity contribution in [2.45, 2.75) is 104 Å². The molecule has 0 aromatic heterocycles. The highest BCUT2D eigenvalue weighted by Gasteiger charge is 2.55. The summed E-state index contributed by atoms with van der Waals surface area (Å²) >= 11 is 0. The number of carbonyl (C=O) groups excluding carboxylic acids is 4. The summed E-state index contributed by atoms with van der Waals surface area (Å²) in [5, 5.41) is 0. The van der Waals surface area contributed by atoms with Crippen LogP contribution in [0.15, 0.2) is 23.7 Å². The number of ether oxygens (including phenoxy) is 5. The topological polar surface area (TPSA) is 133 Å². The van der Waals surface area contributed by atoms with Crippen LogP contribution in [0.1, 0.15) is 61.8 Å². The zero-order valence-corrected chi connectivity index (χ0v) is 23.2. The van der Waals surface area contributed by atoms with Crippen LogP contribution in [0.4, 0.5) is 0 Å². The predicted molar refractivity (Wildman–Crippen MR) is 133 cm³/mol. The van der Waals surface area contributed by atoms with Gasteiger partial charge in [-0.1, -0.05) is 18.2 Å². The van der Waals surface area contributed by atoms with E-state index in [1.807, 2.05) is 45.9 Å². The van der Waals surface area contributed by atoms with Crippen LogP contribution in [0.25, 0.3) is 0 Å². The molecule has 0 spiro atoms. The summed E-state index contributed by atoms with van der Waals surface area (Å²) in [5.41, 5.74) is -0.156. The van der Waals surface area contributed by atoms with E-state index >= 15 is 0 Å². The highest BCUT2D eigenvalue weighted by atomic mass is 16.7. The van der Waals surface area contributed by atoms with E-state index in [0.717, 1.165) is 5.47 Å². The van der Waals surface area contributed by atoms with Gasteiger partial charge in [0.1, 0.15) is 18.8 Å². The number of hydrogen-bond donors (Lipinski definition) is 0. The molecule has 6 atom stereocenters. The second-order valence-electron chi connectivity index (χ2n) is 10.7. The van der Waals surface area contributed by atoms with Gasteiger partial charge in [-0.3, -0.25) is 19.2 Å². The summed E-state index contributed by atoms with van der Waals surface area (Å²) < 4.78 is 40.3. The molecule has 38 heavy (non-hydrogen) atoms. The van der Waals surface area contributed by atoms with Crippen molar-refractivity contribution in [2.24, 2.45) is 5.92 Å². The van der Waals surface area contributed by atoms with Crippen molar-refractivity contribution in [3.8, 4) is 0 Å².